The van der Waals surface area contributed by atoms with E-state index in [2.05, 4.69) is 5.32 Å². The Kier molecular flexibility index (Phi) is 2.46. The first kappa shape index (κ1) is 7.80. The molecule has 2 aliphatic heterocycles. The molecule has 2 fully saturated rings. The van der Waals surface area contributed by atoms with Gasteiger partial charge in [-0.25, -0.2) is 0 Å². The Bertz CT molecular complexity index is 216. The zero-order valence-electron chi connectivity index (χ0n) is 8.96. The number of hydrogen-bond acceptors (Lipinski definition) is 2. The molecule has 0 aromatic rings. The van der Waals surface area contributed by atoms with Crippen molar-refractivity contribution in [3.05, 3.63) is 0 Å². The molecule has 0 saturated carbocycles. The predicted molar refractivity (Wildman–Crippen MR) is 51.4 cm³/mol. The fraction of sp³-hybridized carbons (Fsp3) is 0.900. The van der Waals surface area contributed by atoms with Gasteiger partial charge in [0.1, 0.15) is 0 Å². The number of hydrogen-bond donors (Lipinski definition) is 1. The van der Waals surface area contributed by atoms with Crippen LogP contribution in [0.5, 0.6) is 0 Å². The molecule has 0 aliphatic carbocycles. The summed E-state index contributed by atoms with van der Waals surface area (Å²) in [4.78, 5) is 13.9. The highest BCUT2D eigenvalue weighted by molar-refractivity contribution is 5.79. The van der Waals surface area contributed by atoms with E-state index in [1.165, 1.54) is 0 Å². The highest BCUT2D eigenvalue weighted by atomic mass is 16.2. The smallest absolute Gasteiger partial charge is 0.226 e. The Hall–Kier alpha value is -0.570. The number of piperidine rings is 1. The Morgan fingerprint density at radius 1 is 1.38 bits per heavy atom. The van der Waals surface area contributed by atoms with Gasteiger partial charge in [0, 0.05) is 21.0 Å². The minimum absolute atomic E-state index is 0.0955. The van der Waals surface area contributed by atoms with Crippen LogP contribution in [0, 0.1) is 5.92 Å². The fourth-order valence-electron chi connectivity index (χ4n) is 2.10. The van der Waals surface area contributed by atoms with Gasteiger partial charge < -0.3 is 10.2 Å². The van der Waals surface area contributed by atoms with Gasteiger partial charge in [0.25, 0.3) is 0 Å². The van der Waals surface area contributed by atoms with Crippen molar-refractivity contribution in [3.63, 3.8) is 0 Å². The van der Waals surface area contributed by atoms with E-state index in [1.54, 1.807) is 0 Å². The van der Waals surface area contributed by atoms with Gasteiger partial charge in [0.05, 0.1) is 5.92 Å². The number of likely N-dealkylation sites (tertiary alicyclic amines) is 1. The summed E-state index contributed by atoms with van der Waals surface area (Å²) in [6, 6.07) is 0. The third-order valence-electron chi connectivity index (χ3n) is 2.89. The Morgan fingerprint density at radius 3 is 2.85 bits per heavy atom. The first-order valence-corrected chi connectivity index (χ1v) is 5.23. The molecule has 0 radical (unpaired) electrons. The molecular weight excluding hydrogens is 164 g/mol. The average Bonchev–Trinajstić information content (AvgIpc) is 2.70. The lowest BCUT2D eigenvalue weighted by Gasteiger charge is -2.26. The fourth-order valence-corrected chi connectivity index (χ4v) is 2.10. The van der Waals surface area contributed by atoms with Gasteiger partial charge in [0.15, 0.2) is 0 Å². The standard InChI is InChI=1S/C10H18N2O/c13-10(12-6-1-2-7-12)9-4-3-5-11-8-9/h9,11H,1-8H2/t9-/m0/s1/i8D/t8-,9+/m1. The van der Waals surface area contributed by atoms with E-state index >= 15 is 0 Å². The molecule has 0 spiro atoms. The largest absolute Gasteiger partial charge is 0.342 e. The Morgan fingerprint density at radius 2 is 2.15 bits per heavy atom. The topological polar surface area (TPSA) is 32.3 Å². The van der Waals surface area contributed by atoms with Gasteiger partial charge in [0.2, 0.25) is 5.91 Å². The van der Waals surface area contributed by atoms with Gasteiger partial charge in [-0.2, -0.15) is 0 Å². The molecule has 2 saturated heterocycles. The van der Waals surface area contributed by atoms with Crippen LogP contribution < -0.4 is 5.32 Å². The van der Waals surface area contributed by atoms with Crippen LogP contribution in [-0.4, -0.2) is 37.0 Å². The Labute approximate surface area is 80.9 Å². The molecule has 13 heavy (non-hydrogen) atoms. The minimum atomic E-state index is -0.378. The molecule has 2 atom stereocenters. The van der Waals surface area contributed by atoms with Crippen LogP contribution in [0.15, 0.2) is 0 Å². The monoisotopic (exact) mass is 183 g/mol. The second kappa shape index (κ2) is 4.09. The molecular formula is C10H18N2O. The van der Waals surface area contributed by atoms with Crippen molar-refractivity contribution in [2.24, 2.45) is 5.92 Å². The van der Waals surface area contributed by atoms with Crippen molar-refractivity contribution in [1.29, 1.82) is 0 Å². The molecule has 2 aliphatic rings. The van der Waals surface area contributed by atoms with E-state index in [9.17, 15) is 4.79 Å². The van der Waals surface area contributed by atoms with Gasteiger partial charge in [-0.1, -0.05) is 0 Å². The third-order valence-corrected chi connectivity index (χ3v) is 2.89. The SMILES string of the molecule is [2H][C@H]1NCCC[C@@H]1C(=O)N1CCCC1. The molecule has 0 aromatic carbocycles. The lowest BCUT2D eigenvalue weighted by molar-refractivity contribution is -0.134. The van der Waals surface area contributed by atoms with Gasteiger partial charge in [-0.3, -0.25) is 4.79 Å². The van der Waals surface area contributed by atoms with Crippen molar-refractivity contribution >= 4 is 5.91 Å². The zero-order chi connectivity index (χ0) is 9.97. The number of nitrogens with zero attached hydrogens (tertiary/aromatic N) is 1. The number of rotatable bonds is 1. The number of amides is 1. The molecule has 2 rings (SSSR count). The third kappa shape index (κ3) is 2.02. The Balaban J connectivity index is 1.94. The predicted octanol–water partition coefficient (Wildman–Crippen LogP) is 0.608. The van der Waals surface area contributed by atoms with E-state index in [1.807, 2.05) is 4.90 Å². The molecule has 0 unspecified atom stereocenters. The molecule has 2 heterocycles. The van der Waals surface area contributed by atoms with Crippen molar-refractivity contribution in [2.75, 3.05) is 26.2 Å². The van der Waals surface area contributed by atoms with E-state index in [4.69, 9.17) is 1.37 Å². The maximum absolute atomic E-state index is 12.0. The lowest BCUT2D eigenvalue weighted by atomic mass is 9.98. The normalized spacial score (nSPS) is 36.0. The summed E-state index contributed by atoms with van der Waals surface area (Å²) in [5, 5.41) is 3.06. The summed E-state index contributed by atoms with van der Waals surface area (Å²) >= 11 is 0. The molecule has 0 aromatic heterocycles. The van der Waals surface area contributed by atoms with Crippen molar-refractivity contribution < 1.29 is 6.17 Å². The van der Waals surface area contributed by atoms with Crippen LogP contribution in [0.1, 0.15) is 27.1 Å². The van der Waals surface area contributed by atoms with Gasteiger partial charge in [-0.15, -0.1) is 0 Å². The van der Waals surface area contributed by atoms with Gasteiger partial charge >= 0.3 is 0 Å². The summed E-state index contributed by atoms with van der Waals surface area (Å²) in [5.41, 5.74) is 0. The first-order valence-electron chi connectivity index (χ1n) is 5.81. The summed E-state index contributed by atoms with van der Waals surface area (Å²) < 4.78 is 7.76. The van der Waals surface area contributed by atoms with E-state index in [-0.39, 0.29) is 18.3 Å². The minimum Gasteiger partial charge on any atom is -0.342 e. The number of carbonyl (C=O) groups is 1. The second-order valence-corrected chi connectivity index (χ2v) is 3.90. The molecule has 3 heteroatoms. The highest BCUT2D eigenvalue weighted by Gasteiger charge is 2.27. The van der Waals surface area contributed by atoms with E-state index < -0.39 is 0 Å². The molecule has 0 bridgehead atoms. The van der Waals surface area contributed by atoms with E-state index in [0.29, 0.717) is 0 Å². The van der Waals surface area contributed by atoms with Gasteiger partial charge in [-0.05, 0) is 32.2 Å². The average molecular weight is 183 g/mol. The maximum atomic E-state index is 12.0. The molecule has 74 valence electrons. The van der Waals surface area contributed by atoms with Crippen molar-refractivity contribution in [3.8, 4) is 0 Å². The molecule has 1 amide bonds. The number of nitrogens with one attached hydrogen (secondary N) is 1. The van der Waals surface area contributed by atoms with Crippen LogP contribution >= 0.6 is 0 Å². The molecule has 3 nitrogen and oxygen atoms in total. The lowest BCUT2D eigenvalue weighted by Crippen LogP contribution is -2.41. The quantitative estimate of drug-likeness (QED) is 0.646. The van der Waals surface area contributed by atoms with Crippen LogP contribution in [0.2, 0.25) is 0 Å². The second-order valence-electron chi connectivity index (χ2n) is 3.90. The number of carbonyl (C=O) groups excluding carboxylic acids is 1. The van der Waals surface area contributed by atoms with E-state index in [0.717, 1.165) is 45.3 Å². The summed E-state index contributed by atoms with van der Waals surface area (Å²) in [6.07, 6.45) is 4.18. The zero-order valence-corrected chi connectivity index (χ0v) is 7.96. The molecule has 1 N–H and O–H groups in total. The first-order chi connectivity index (χ1) is 6.79. The van der Waals surface area contributed by atoms with Crippen LogP contribution in [0.25, 0.3) is 0 Å². The summed E-state index contributed by atoms with van der Waals surface area (Å²) in [7, 11) is 0. The van der Waals surface area contributed by atoms with Crippen LogP contribution in [-0.2, 0) is 4.79 Å². The van der Waals surface area contributed by atoms with Crippen LogP contribution in [0.3, 0.4) is 0 Å². The van der Waals surface area contributed by atoms with Crippen molar-refractivity contribution in [2.45, 2.75) is 25.7 Å². The van der Waals surface area contributed by atoms with Crippen molar-refractivity contribution in [1.82, 2.24) is 10.2 Å². The summed E-state index contributed by atoms with van der Waals surface area (Å²) in [6.45, 7) is 2.32. The maximum Gasteiger partial charge on any atom is 0.226 e. The van der Waals surface area contributed by atoms with Crippen LogP contribution in [0.4, 0.5) is 0 Å². The summed E-state index contributed by atoms with van der Waals surface area (Å²) in [5.74, 6) is 0.108. The highest BCUT2D eigenvalue weighted by Crippen LogP contribution is 2.17.